The zero-order valence-corrected chi connectivity index (χ0v) is 11.7. The zero-order valence-electron chi connectivity index (χ0n) is 11.7. The number of esters is 1. The number of nitrogens with zero attached hydrogens (tertiary/aromatic N) is 2. The minimum absolute atomic E-state index is 0.304. The maximum atomic E-state index is 12.0. The average molecular weight is 272 g/mol. The van der Waals surface area contributed by atoms with Crippen LogP contribution >= 0.6 is 0 Å². The summed E-state index contributed by atoms with van der Waals surface area (Å²) in [6, 6.07) is 7.40. The van der Waals surface area contributed by atoms with Gasteiger partial charge >= 0.3 is 5.97 Å². The number of hydrogen-bond donors (Lipinski definition) is 0. The molecule has 0 radical (unpaired) electrons. The third kappa shape index (κ3) is 2.77. The number of aromatic nitrogens is 2. The maximum absolute atomic E-state index is 12.0. The minimum atomic E-state index is -0.437. The van der Waals surface area contributed by atoms with Crippen molar-refractivity contribution in [1.82, 2.24) is 9.97 Å². The highest BCUT2D eigenvalue weighted by molar-refractivity contribution is 5.96. The highest BCUT2D eigenvalue weighted by atomic mass is 16.5. The molecule has 1 aromatic heterocycles. The molecular weight excluding hydrogens is 256 g/mol. The summed E-state index contributed by atoms with van der Waals surface area (Å²) in [6.45, 7) is 3.83. The highest BCUT2D eigenvalue weighted by Gasteiger charge is 2.18. The molecule has 5 heteroatoms. The van der Waals surface area contributed by atoms with E-state index in [0.717, 1.165) is 5.56 Å². The van der Waals surface area contributed by atoms with Crippen molar-refractivity contribution in [3.8, 4) is 17.0 Å². The van der Waals surface area contributed by atoms with Crippen LogP contribution in [0.4, 0.5) is 0 Å². The number of rotatable bonds is 4. The predicted molar refractivity (Wildman–Crippen MR) is 74.7 cm³/mol. The van der Waals surface area contributed by atoms with Crippen molar-refractivity contribution < 1.29 is 14.3 Å². The Morgan fingerprint density at radius 2 is 2.05 bits per heavy atom. The Kier molecular flexibility index (Phi) is 4.30. The molecule has 0 bridgehead atoms. The molecule has 0 atom stereocenters. The van der Waals surface area contributed by atoms with Gasteiger partial charge in [0.2, 0.25) is 0 Å². The number of hydrogen-bond acceptors (Lipinski definition) is 5. The Balaban J connectivity index is 2.60. The van der Waals surface area contributed by atoms with Gasteiger partial charge in [0.1, 0.15) is 17.1 Å². The second kappa shape index (κ2) is 6.14. The molecule has 0 fully saturated rings. The summed E-state index contributed by atoms with van der Waals surface area (Å²) >= 11 is 0. The molecule has 0 aliphatic heterocycles. The van der Waals surface area contributed by atoms with E-state index in [1.165, 1.54) is 6.20 Å². The van der Waals surface area contributed by atoms with E-state index in [1.54, 1.807) is 21.0 Å². The third-order valence-corrected chi connectivity index (χ3v) is 2.77. The van der Waals surface area contributed by atoms with Gasteiger partial charge in [-0.2, -0.15) is 0 Å². The van der Waals surface area contributed by atoms with E-state index in [-0.39, 0.29) is 0 Å². The van der Waals surface area contributed by atoms with Gasteiger partial charge in [-0.1, -0.05) is 12.1 Å². The molecule has 1 heterocycles. The fourth-order valence-electron chi connectivity index (χ4n) is 1.87. The molecule has 0 saturated carbocycles. The largest absolute Gasteiger partial charge is 0.496 e. The summed E-state index contributed by atoms with van der Waals surface area (Å²) < 4.78 is 10.4. The van der Waals surface area contributed by atoms with Crippen LogP contribution in [0.5, 0.6) is 5.75 Å². The van der Waals surface area contributed by atoms with E-state index in [0.29, 0.717) is 29.4 Å². The van der Waals surface area contributed by atoms with Gasteiger partial charge in [0.05, 0.1) is 19.4 Å². The summed E-state index contributed by atoms with van der Waals surface area (Å²) in [4.78, 5) is 20.4. The second-order valence-corrected chi connectivity index (χ2v) is 4.10. The summed E-state index contributed by atoms with van der Waals surface area (Å²) in [5, 5.41) is 0. The van der Waals surface area contributed by atoms with E-state index in [9.17, 15) is 4.79 Å². The fraction of sp³-hybridized carbons (Fsp3) is 0.267. The van der Waals surface area contributed by atoms with Crippen LogP contribution in [0.3, 0.4) is 0 Å². The van der Waals surface area contributed by atoms with Crippen LogP contribution in [0.2, 0.25) is 0 Å². The lowest BCUT2D eigenvalue weighted by molar-refractivity contribution is 0.0526. The molecule has 20 heavy (non-hydrogen) atoms. The third-order valence-electron chi connectivity index (χ3n) is 2.77. The van der Waals surface area contributed by atoms with Gasteiger partial charge < -0.3 is 9.47 Å². The zero-order chi connectivity index (χ0) is 14.5. The van der Waals surface area contributed by atoms with Crippen molar-refractivity contribution in [2.24, 2.45) is 0 Å². The number of aryl methyl sites for hydroxylation is 1. The van der Waals surface area contributed by atoms with Crippen LogP contribution < -0.4 is 4.74 Å². The molecule has 0 aliphatic rings. The smallest absolute Gasteiger partial charge is 0.341 e. The van der Waals surface area contributed by atoms with Crippen LogP contribution in [0.1, 0.15) is 23.1 Å². The number of ether oxygens (including phenoxy) is 2. The molecule has 0 unspecified atom stereocenters. The average Bonchev–Trinajstić information content (AvgIpc) is 2.47. The molecule has 2 rings (SSSR count). The molecule has 0 N–H and O–H groups in total. The van der Waals surface area contributed by atoms with Gasteiger partial charge in [-0.15, -0.1) is 0 Å². The van der Waals surface area contributed by atoms with Crippen molar-refractivity contribution in [2.75, 3.05) is 13.7 Å². The molecule has 1 aromatic carbocycles. The fourth-order valence-corrected chi connectivity index (χ4v) is 1.87. The predicted octanol–water partition coefficient (Wildman–Crippen LogP) is 2.64. The second-order valence-electron chi connectivity index (χ2n) is 4.10. The topological polar surface area (TPSA) is 61.3 Å². The van der Waals surface area contributed by atoms with Gasteiger partial charge in [0, 0.05) is 11.8 Å². The first kappa shape index (κ1) is 14.0. The SMILES string of the molecule is CCOC(=O)c1cnc(C)nc1-c1ccccc1OC. The lowest BCUT2D eigenvalue weighted by Gasteiger charge is -2.11. The summed E-state index contributed by atoms with van der Waals surface area (Å²) in [6.07, 6.45) is 1.49. The Morgan fingerprint density at radius 3 is 2.75 bits per heavy atom. The van der Waals surface area contributed by atoms with Gasteiger partial charge in [-0.05, 0) is 26.0 Å². The minimum Gasteiger partial charge on any atom is -0.496 e. The van der Waals surface area contributed by atoms with E-state index < -0.39 is 5.97 Å². The summed E-state index contributed by atoms with van der Waals surface area (Å²) in [7, 11) is 1.58. The van der Waals surface area contributed by atoms with Crippen molar-refractivity contribution >= 4 is 5.97 Å². The first-order valence-electron chi connectivity index (χ1n) is 6.31. The number of carbonyl (C=O) groups is 1. The van der Waals surface area contributed by atoms with Crippen molar-refractivity contribution in [1.29, 1.82) is 0 Å². The molecule has 0 saturated heterocycles. The van der Waals surface area contributed by atoms with Crippen molar-refractivity contribution in [2.45, 2.75) is 13.8 Å². The van der Waals surface area contributed by atoms with Crippen LogP contribution in [-0.2, 0) is 4.74 Å². The highest BCUT2D eigenvalue weighted by Crippen LogP contribution is 2.30. The lowest BCUT2D eigenvalue weighted by atomic mass is 10.1. The van der Waals surface area contributed by atoms with E-state index in [4.69, 9.17) is 9.47 Å². The Hall–Kier alpha value is -2.43. The molecule has 0 amide bonds. The first-order valence-corrected chi connectivity index (χ1v) is 6.31. The normalized spacial score (nSPS) is 10.2. The first-order chi connectivity index (χ1) is 9.67. The van der Waals surface area contributed by atoms with Crippen LogP contribution in [0.15, 0.2) is 30.5 Å². The van der Waals surface area contributed by atoms with E-state index in [1.807, 2.05) is 24.3 Å². The number of para-hydroxylation sites is 1. The van der Waals surface area contributed by atoms with Gasteiger partial charge in [-0.3, -0.25) is 0 Å². The molecular formula is C15H16N2O3. The van der Waals surface area contributed by atoms with Crippen LogP contribution in [-0.4, -0.2) is 29.7 Å². The summed E-state index contributed by atoms with van der Waals surface area (Å²) in [5.74, 6) is 0.795. The van der Waals surface area contributed by atoms with Gasteiger partial charge in [-0.25, -0.2) is 14.8 Å². The molecule has 104 valence electrons. The van der Waals surface area contributed by atoms with Gasteiger partial charge in [0.25, 0.3) is 0 Å². The van der Waals surface area contributed by atoms with Crippen LogP contribution in [0, 0.1) is 6.92 Å². The van der Waals surface area contributed by atoms with Crippen molar-refractivity contribution in [3.05, 3.63) is 41.9 Å². The maximum Gasteiger partial charge on any atom is 0.341 e. The molecule has 0 spiro atoms. The molecule has 5 nitrogen and oxygen atoms in total. The Labute approximate surface area is 117 Å². The number of carbonyl (C=O) groups excluding carboxylic acids is 1. The Bertz CT molecular complexity index is 626. The standard InChI is InChI=1S/C15H16N2O3/c1-4-20-15(18)12-9-16-10(2)17-14(12)11-7-5-6-8-13(11)19-3/h5-9H,4H2,1-3H3. The van der Waals surface area contributed by atoms with E-state index >= 15 is 0 Å². The van der Waals surface area contributed by atoms with Crippen LogP contribution in [0.25, 0.3) is 11.3 Å². The van der Waals surface area contributed by atoms with E-state index in [2.05, 4.69) is 9.97 Å². The summed E-state index contributed by atoms with van der Waals surface area (Å²) in [5.41, 5.74) is 1.60. The van der Waals surface area contributed by atoms with Gasteiger partial charge in [0.15, 0.2) is 0 Å². The molecule has 0 aliphatic carbocycles. The Morgan fingerprint density at radius 1 is 1.30 bits per heavy atom. The monoisotopic (exact) mass is 272 g/mol. The lowest BCUT2D eigenvalue weighted by Crippen LogP contribution is -2.09. The number of methoxy groups -OCH3 is 1. The van der Waals surface area contributed by atoms with Crippen molar-refractivity contribution in [3.63, 3.8) is 0 Å². The quantitative estimate of drug-likeness (QED) is 0.801. The molecule has 2 aromatic rings. The number of benzene rings is 1.